The number of aromatic hydroxyl groups is 1. The second kappa shape index (κ2) is 6.67. The highest BCUT2D eigenvalue weighted by molar-refractivity contribution is 7.13. The molecule has 1 aromatic carbocycles. The number of benzene rings is 1. The summed E-state index contributed by atoms with van der Waals surface area (Å²) in [5.74, 6) is 0.494. The van der Waals surface area contributed by atoms with Crippen molar-refractivity contribution in [1.29, 1.82) is 0 Å². The Labute approximate surface area is 176 Å². The van der Waals surface area contributed by atoms with Crippen LogP contribution in [0.25, 0.3) is 21.7 Å². The molecule has 1 unspecified atom stereocenters. The van der Waals surface area contributed by atoms with Crippen molar-refractivity contribution in [3.05, 3.63) is 64.2 Å². The third kappa shape index (κ3) is 2.89. The molecular formula is C23H19N3O3S. The van der Waals surface area contributed by atoms with E-state index in [-0.39, 0.29) is 11.9 Å². The first-order valence-electron chi connectivity index (χ1n) is 10.1. The van der Waals surface area contributed by atoms with Gasteiger partial charge in [0.25, 0.3) is 11.6 Å². The second-order valence-corrected chi connectivity index (χ2v) is 9.00. The summed E-state index contributed by atoms with van der Waals surface area (Å²) in [6, 6.07) is 11.3. The number of phenolic OH excluding ortho intramolecular Hbond substituents is 1. The molecule has 150 valence electrons. The van der Waals surface area contributed by atoms with Crippen LogP contribution in [0.4, 0.5) is 0 Å². The summed E-state index contributed by atoms with van der Waals surface area (Å²) in [6.45, 7) is 0. The maximum atomic E-state index is 13.4. The summed E-state index contributed by atoms with van der Waals surface area (Å²) in [5.41, 5.74) is 4.54. The van der Waals surface area contributed by atoms with E-state index in [1.54, 1.807) is 17.4 Å². The number of carbonyl (C=O) groups is 1. The summed E-state index contributed by atoms with van der Waals surface area (Å²) >= 11 is 1.57. The van der Waals surface area contributed by atoms with E-state index in [1.165, 1.54) is 0 Å². The average molecular weight is 417 g/mol. The smallest absolute Gasteiger partial charge is 0.259 e. The third-order valence-corrected chi connectivity index (χ3v) is 6.85. The minimum atomic E-state index is -0.150. The maximum Gasteiger partial charge on any atom is 0.259 e. The number of hydrogen-bond acceptors (Lipinski definition) is 6. The zero-order valence-corrected chi connectivity index (χ0v) is 16.9. The third-order valence-electron chi connectivity index (χ3n) is 5.96. The lowest BCUT2D eigenvalue weighted by molar-refractivity contribution is 0.0940. The highest BCUT2D eigenvalue weighted by Gasteiger charge is 2.33. The van der Waals surface area contributed by atoms with E-state index in [9.17, 15) is 9.90 Å². The summed E-state index contributed by atoms with van der Waals surface area (Å²) in [5, 5.41) is 20.3. The molecule has 2 aliphatic rings. The number of phenols is 1. The molecule has 0 bridgehead atoms. The van der Waals surface area contributed by atoms with E-state index >= 15 is 0 Å². The van der Waals surface area contributed by atoms with Gasteiger partial charge in [0.1, 0.15) is 5.75 Å². The van der Waals surface area contributed by atoms with Crippen molar-refractivity contribution in [1.82, 2.24) is 15.5 Å². The number of fused-ring (bicyclic) bond motifs is 2. The Kier molecular flexibility index (Phi) is 3.92. The molecule has 0 saturated heterocycles. The van der Waals surface area contributed by atoms with Crippen LogP contribution in [0.3, 0.4) is 0 Å². The van der Waals surface area contributed by atoms with Crippen molar-refractivity contribution >= 4 is 28.3 Å². The van der Waals surface area contributed by atoms with Gasteiger partial charge in [0.15, 0.2) is 0 Å². The van der Waals surface area contributed by atoms with Crippen LogP contribution in [0.1, 0.15) is 45.9 Å². The van der Waals surface area contributed by atoms with Gasteiger partial charge in [-0.05, 0) is 60.4 Å². The standard InChI is InChI=1S/C23H19N3O3S/c27-18-4-1-3-13-9-14(10-15(13)18)24-22(28)16-11-17(19-5-2-8-30-19)25-23-20(16)21(26-29-23)12-6-7-12/h1-5,8,11-12,14,27H,6-7,9-10H2,(H,24,28). The Morgan fingerprint density at radius 2 is 2.10 bits per heavy atom. The van der Waals surface area contributed by atoms with Crippen molar-refractivity contribution in [3.8, 4) is 16.3 Å². The number of carbonyl (C=O) groups excluding carboxylic acids is 1. The quantitative estimate of drug-likeness (QED) is 0.513. The van der Waals surface area contributed by atoms with Crippen molar-refractivity contribution in [2.24, 2.45) is 0 Å². The Hall–Kier alpha value is -3.19. The lowest BCUT2D eigenvalue weighted by Crippen LogP contribution is -2.35. The van der Waals surface area contributed by atoms with E-state index in [0.717, 1.165) is 39.9 Å². The van der Waals surface area contributed by atoms with Crippen molar-refractivity contribution in [3.63, 3.8) is 0 Å². The highest BCUT2D eigenvalue weighted by atomic mass is 32.1. The molecular weight excluding hydrogens is 398 g/mol. The van der Waals surface area contributed by atoms with Crippen molar-refractivity contribution < 1.29 is 14.4 Å². The second-order valence-electron chi connectivity index (χ2n) is 8.05. The minimum Gasteiger partial charge on any atom is -0.508 e. The van der Waals surface area contributed by atoms with Crippen molar-refractivity contribution in [2.45, 2.75) is 37.6 Å². The number of thiophene rings is 1. The van der Waals surface area contributed by atoms with E-state index in [0.29, 0.717) is 41.5 Å². The Morgan fingerprint density at radius 3 is 2.87 bits per heavy atom. The van der Waals surface area contributed by atoms with Crippen LogP contribution in [-0.4, -0.2) is 27.2 Å². The molecule has 3 heterocycles. The molecule has 2 aliphatic carbocycles. The lowest BCUT2D eigenvalue weighted by atomic mass is 10.1. The zero-order valence-electron chi connectivity index (χ0n) is 16.1. The molecule has 6 nitrogen and oxygen atoms in total. The lowest BCUT2D eigenvalue weighted by Gasteiger charge is -2.13. The van der Waals surface area contributed by atoms with Crippen LogP contribution in [0.5, 0.6) is 5.75 Å². The fourth-order valence-electron chi connectivity index (χ4n) is 4.34. The van der Waals surface area contributed by atoms with Gasteiger partial charge >= 0.3 is 0 Å². The van der Waals surface area contributed by atoms with Crippen LogP contribution in [-0.2, 0) is 12.8 Å². The Balaban J connectivity index is 1.38. The van der Waals surface area contributed by atoms with Crippen LogP contribution < -0.4 is 5.32 Å². The molecule has 0 spiro atoms. The summed E-state index contributed by atoms with van der Waals surface area (Å²) in [7, 11) is 0. The van der Waals surface area contributed by atoms with Crippen LogP contribution in [0.2, 0.25) is 0 Å². The minimum absolute atomic E-state index is 0.0570. The molecule has 0 aliphatic heterocycles. The van der Waals surface area contributed by atoms with Crippen LogP contribution >= 0.6 is 11.3 Å². The van der Waals surface area contributed by atoms with E-state index in [1.807, 2.05) is 35.7 Å². The maximum absolute atomic E-state index is 13.4. The van der Waals surface area contributed by atoms with E-state index in [4.69, 9.17) is 4.52 Å². The number of amides is 1. The number of pyridine rings is 1. The largest absolute Gasteiger partial charge is 0.508 e. The monoisotopic (exact) mass is 417 g/mol. The summed E-state index contributed by atoms with van der Waals surface area (Å²) < 4.78 is 5.55. The molecule has 3 aromatic heterocycles. The molecule has 2 N–H and O–H groups in total. The predicted octanol–water partition coefficient (Wildman–Crippen LogP) is 4.43. The summed E-state index contributed by atoms with van der Waals surface area (Å²) in [4.78, 5) is 19.0. The molecule has 1 atom stereocenters. The van der Waals surface area contributed by atoms with Gasteiger partial charge in [0.05, 0.1) is 27.2 Å². The molecule has 7 heteroatoms. The molecule has 1 saturated carbocycles. The number of aromatic nitrogens is 2. The number of rotatable bonds is 4. The highest BCUT2D eigenvalue weighted by Crippen LogP contribution is 2.43. The molecule has 4 aromatic rings. The first-order chi connectivity index (χ1) is 14.7. The molecule has 1 fully saturated rings. The normalized spacial score (nSPS) is 17.9. The first kappa shape index (κ1) is 17.7. The zero-order chi connectivity index (χ0) is 20.2. The molecule has 30 heavy (non-hydrogen) atoms. The summed E-state index contributed by atoms with van der Waals surface area (Å²) in [6.07, 6.45) is 3.46. The number of nitrogens with zero attached hydrogens (tertiary/aromatic N) is 2. The van der Waals surface area contributed by atoms with Gasteiger partial charge in [-0.15, -0.1) is 11.3 Å². The van der Waals surface area contributed by atoms with E-state index < -0.39 is 0 Å². The van der Waals surface area contributed by atoms with Gasteiger partial charge < -0.3 is 14.9 Å². The average Bonchev–Trinajstić information content (AvgIpc) is 3.15. The van der Waals surface area contributed by atoms with Crippen LogP contribution in [0.15, 0.2) is 46.3 Å². The van der Waals surface area contributed by atoms with Gasteiger partial charge in [0.2, 0.25) is 0 Å². The van der Waals surface area contributed by atoms with Crippen LogP contribution in [0, 0.1) is 0 Å². The van der Waals surface area contributed by atoms with E-state index in [2.05, 4.69) is 15.5 Å². The topological polar surface area (TPSA) is 88.2 Å². The van der Waals surface area contributed by atoms with Gasteiger partial charge in [-0.2, -0.15) is 0 Å². The molecule has 1 amide bonds. The SMILES string of the molecule is O=C(NC1Cc2cccc(O)c2C1)c1cc(-c2cccs2)nc2onc(C3CC3)c12. The molecule has 6 rings (SSSR count). The Morgan fingerprint density at radius 1 is 1.20 bits per heavy atom. The Bertz CT molecular complexity index is 1270. The predicted molar refractivity (Wildman–Crippen MR) is 114 cm³/mol. The van der Waals surface area contributed by atoms with Gasteiger partial charge in [-0.3, -0.25) is 4.79 Å². The van der Waals surface area contributed by atoms with Crippen molar-refractivity contribution in [2.75, 3.05) is 0 Å². The number of hydrogen-bond donors (Lipinski definition) is 2. The van der Waals surface area contributed by atoms with Gasteiger partial charge in [-0.25, -0.2) is 4.98 Å². The van der Waals surface area contributed by atoms with Gasteiger partial charge in [-0.1, -0.05) is 23.4 Å². The molecule has 0 radical (unpaired) electrons. The first-order valence-corrected chi connectivity index (χ1v) is 11.0. The number of nitrogens with one attached hydrogen (secondary N) is 1. The van der Waals surface area contributed by atoms with Gasteiger partial charge in [0, 0.05) is 12.0 Å². The fourth-order valence-corrected chi connectivity index (χ4v) is 5.02. The fraction of sp³-hybridized carbons (Fsp3) is 0.261.